The second-order valence-electron chi connectivity index (χ2n) is 4.69. The number of benzene rings is 1. The van der Waals surface area contributed by atoms with Gasteiger partial charge in [-0.2, -0.15) is 0 Å². The summed E-state index contributed by atoms with van der Waals surface area (Å²) < 4.78 is 5.84. The van der Waals surface area contributed by atoms with Gasteiger partial charge in [-0.25, -0.2) is 0 Å². The lowest BCUT2D eigenvalue weighted by Gasteiger charge is -2.16. The Bertz CT molecular complexity index is 768. The van der Waals surface area contributed by atoms with Crippen molar-refractivity contribution in [3.63, 3.8) is 0 Å². The van der Waals surface area contributed by atoms with Gasteiger partial charge in [0, 0.05) is 23.1 Å². The van der Waals surface area contributed by atoms with Crippen LogP contribution in [0.4, 0.5) is 0 Å². The summed E-state index contributed by atoms with van der Waals surface area (Å²) in [5.41, 5.74) is 1.38. The number of hydrogen-bond donors (Lipinski definition) is 0. The zero-order chi connectivity index (χ0) is 15.5. The number of hydrogen-bond acceptors (Lipinski definition) is 5. The summed E-state index contributed by atoms with van der Waals surface area (Å²) in [7, 11) is 1.77. The van der Waals surface area contributed by atoms with E-state index in [1.165, 1.54) is 17.7 Å². The van der Waals surface area contributed by atoms with Crippen molar-refractivity contribution in [1.82, 2.24) is 15.1 Å². The zero-order valence-electron chi connectivity index (χ0n) is 11.7. The quantitative estimate of drug-likeness (QED) is 0.730. The molecule has 0 aliphatic heterocycles. The molecule has 1 amide bonds. The number of aromatic nitrogens is 2. The first kappa shape index (κ1) is 14.7. The molecular weight excluding hydrogens is 322 g/mol. The molecule has 7 heteroatoms. The van der Waals surface area contributed by atoms with E-state index in [2.05, 4.69) is 10.2 Å². The Kier molecular flexibility index (Phi) is 4.22. The highest BCUT2D eigenvalue weighted by molar-refractivity contribution is 7.16. The molecule has 0 unspecified atom stereocenters. The van der Waals surface area contributed by atoms with Crippen LogP contribution in [0.3, 0.4) is 0 Å². The lowest BCUT2D eigenvalue weighted by molar-refractivity contribution is 0.0786. The molecule has 0 saturated heterocycles. The minimum Gasteiger partial charge on any atom is -0.423 e. The molecule has 0 fully saturated rings. The van der Waals surface area contributed by atoms with E-state index in [0.717, 1.165) is 14.8 Å². The summed E-state index contributed by atoms with van der Waals surface area (Å²) >= 11 is 7.38. The summed E-state index contributed by atoms with van der Waals surface area (Å²) in [6.45, 7) is 0.529. The lowest BCUT2D eigenvalue weighted by Crippen LogP contribution is -2.25. The summed E-state index contributed by atoms with van der Waals surface area (Å²) in [4.78, 5) is 15.1. The first-order chi connectivity index (χ1) is 10.6. The third-order valence-corrected chi connectivity index (χ3v) is 4.32. The van der Waals surface area contributed by atoms with Gasteiger partial charge in [0.1, 0.15) is 0 Å². The average molecular weight is 334 g/mol. The molecule has 0 saturated carbocycles. The van der Waals surface area contributed by atoms with Crippen LogP contribution >= 0.6 is 22.9 Å². The van der Waals surface area contributed by atoms with Crippen molar-refractivity contribution in [2.24, 2.45) is 0 Å². The van der Waals surface area contributed by atoms with Gasteiger partial charge in [-0.3, -0.25) is 4.79 Å². The van der Waals surface area contributed by atoms with Crippen LogP contribution in [0, 0.1) is 0 Å². The van der Waals surface area contributed by atoms with E-state index in [0.29, 0.717) is 18.0 Å². The van der Waals surface area contributed by atoms with Gasteiger partial charge in [0.15, 0.2) is 0 Å². The van der Waals surface area contributed by atoms with E-state index in [1.54, 1.807) is 36.2 Å². The summed E-state index contributed by atoms with van der Waals surface area (Å²) in [5.74, 6) is 0.377. The number of halogens is 1. The predicted molar refractivity (Wildman–Crippen MR) is 84.9 cm³/mol. The number of rotatable bonds is 4. The molecule has 1 aromatic carbocycles. The molecule has 0 aliphatic rings. The normalized spacial score (nSPS) is 10.6. The van der Waals surface area contributed by atoms with Gasteiger partial charge in [-0.15, -0.1) is 21.5 Å². The van der Waals surface area contributed by atoms with Crippen LogP contribution in [-0.2, 0) is 6.54 Å². The highest BCUT2D eigenvalue weighted by Crippen LogP contribution is 2.23. The first-order valence-corrected chi connectivity index (χ1v) is 7.69. The lowest BCUT2D eigenvalue weighted by atomic mass is 10.1. The minimum absolute atomic E-state index is 0.0541. The third-order valence-electron chi connectivity index (χ3n) is 3.11. The molecule has 2 heterocycles. The Morgan fingerprint density at radius 3 is 2.64 bits per heavy atom. The van der Waals surface area contributed by atoms with Crippen molar-refractivity contribution >= 4 is 28.8 Å². The van der Waals surface area contributed by atoms with Crippen LogP contribution in [0.2, 0.25) is 4.34 Å². The molecule has 0 atom stereocenters. The topological polar surface area (TPSA) is 59.2 Å². The molecule has 0 bridgehead atoms. The fourth-order valence-corrected chi connectivity index (χ4v) is 3.16. The molecule has 0 aliphatic carbocycles. The van der Waals surface area contributed by atoms with Crippen molar-refractivity contribution in [2.45, 2.75) is 6.54 Å². The maximum absolute atomic E-state index is 12.4. The van der Waals surface area contributed by atoms with Crippen LogP contribution < -0.4 is 0 Å². The average Bonchev–Trinajstić information content (AvgIpc) is 3.18. The van der Waals surface area contributed by atoms with Gasteiger partial charge in [0.05, 0.1) is 10.9 Å². The summed E-state index contributed by atoms with van der Waals surface area (Å²) in [6, 6.07) is 10.8. The number of amides is 1. The molecule has 3 rings (SSSR count). The SMILES string of the molecule is CN(Cc1ccc(Cl)s1)C(=O)c1ccc(-c2nnco2)cc1. The molecule has 0 N–H and O–H groups in total. The van der Waals surface area contributed by atoms with Crippen molar-refractivity contribution in [3.8, 4) is 11.5 Å². The number of carbonyl (C=O) groups excluding carboxylic acids is 1. The van der Waals surface area contributed by atoms with Crippen LogP contribution in [0.1, 0.15) is 15.2 Å². The number of nitrogens with zero attached hydrogens (tertiary/aromatic N) is 3. The van der Waals surface area contributed by atoms with E-state index in [4.69, 9.17) is 16.0 Å². The van der Waals surface area contributed by atoms with Gasteiger partial charge in [0.2, 0.25) is 12.3 Å². The number of thiophene rings is 1. The first-order valence-electron chi connectivity index (χ1n) is 6.50. The largest absolute Gasteiger partial charge is 0.423 e. The maximum atomic E-state index is 12.4. The maximum Gasteiger partial charge on any atom is 0.253 e. The summed E-state index contributed by atoms with van der Waals surface area (Å²) in [6.07, 6.45) is 1.27. The Hall–Kier alpha value is -2.18. The van der Waals surface area contributed by atoms with Gasteiger partial charge in [-0.1, -0.05) is 11.6 Å². The monoisotopic (exact) mass is 333 g/mol. The fraction of sp³-hybridized carbons (Fsp3) is 0.133. The van der Waals surface area contributed by atoms with Crippen LogP contribution in [0.15, 0.2) is 47.2 Å². The molecule has 0 radical (unpaired) electrons. The molecular formula is C15H12ClN3O2S. The fourth-order valence-electron chi connectivity index (χ4n) is 2.02. The molecule has 2 aromatic heterocycles. The second-order valence-corrected chi connectivity index (χ2v) is 6.49. The smallest absolute Gasteiger partial charge is 0.253 e. The Labute approximate surface area is 136 Å². The van der Waals surface area contributed by atoms with Crippen LogP contribution in [0.25, 0.3) is 11.5 Å². The zero-order valence-corrected chi connectivity index (χ0v) is 13.3. The van der Waals surface area contributed by atoms with Crippen molar-refractivity contribution in [3.05, 3.63) is 57.6 Å². The van der Waals surface area contributed by atoms with E-state index in [1.807, 2.05) is 12.1 Å². The van der Waals surface area contributed by atoms with Crippen molar-refractivity contribution in [2.75, 3.05) is 7.05 Å². The molecule has 22 heavy (non-hydrogen) atoms. The van der Waals surface area contributed by atoms with Gasteiger partial charge in [-0.05, 0) is 36.4 Å². The summed E-state index contributed by atoms with van der Waals surface area (Å²) in [5, 5.41) is 7.46. The predicted octanol–water partition coefficient (Wildman–Crippen LogP) is 3.72. The van der Waals surface area contributed by atoms with Crippen molar-refractivity contribution in [1.29, 1.82) is 0 Å². The minimum atomic E-state index is -0.0541. The molecule has 5 nitrogen and oxygen atoms in total. The molecule has 3 aromatic rings. The molecule has 0 spiro atoms. The van der Waals surface area contributed by atoms with Gasteiger partial charge < -0.3 is 9.32 Å². The van der Waals surface area contributed by atoms with E-state index < -0.39 is 0 Å². The van der Waals surface area contributed by atoms with Gasteiger partial charge >= 0.3 is 0 Å². The Balaban J connectivity index is 1.71. The second kappa shape index (κ2) is 6.29. The highest BCUT2D eigenvalue weighted by atomic mass is 35.5. The van der Waals surface area contributed by atoms with Crippen molar-refractivity contribution < 1.29 is 9.21 Å². The van der Waals surface area contributed by atoms with Crippen LogP contribution in [0.5, 0.6) is 0 Å². The number of carbonyl (C=O) groups is 1. The third kappa shape index (κ3) is 3.18. The van der Waals surface area contributed by atoms with E-state index >= 15 is 0 Å². The van der Waals surface area contributed by atoms with Gasteiger partial charge in [0.25, 0.3) is 5.91 Å². The highest BCUT2D eigenvalue weighted by Gasteiger charge is 2.13. The van der Waals surface area contributed by atoms with E-state index in [-0.39, 0.29) is 5.91 Å². The van der Waals surface area contributed by atoms with E-state index in [9.17, 15) is 4.79 Å². The molecule has 112 valence electrons. The standard InChI is InChI=1S/C15H12ClN3O2S/c1-19(8-12-6-7-13(16)22-12)15(20)11-4-2-10(3-5-11)14-18-17-9-21-14/h2-7,9H,8H2,1H3. The Morgan fingerprint density at radius 2 is 2.05 bits per heavy atom. The Morgan fingerprint density at radius 1 is 1.27 bits per heavy atom. The van der Waals surface area contributed by atoms with Crippen LogP contribution in [-0.4, -0.2) is 28.1 Å².